The molecule has 0 aromatic heterocycles. The van der Waals surface area contributed by atoms with E-state index >= 15 is 0 Å². The van der Waals surface area contributed by atoms with Crippen molar-refractivity contribution in [1.29, 1.82) is 0 Å². The number of carbonyl (C=O) groups is 2. The molecule has 0 unspecified atom stereocenters. The van der Waals surface area contributed by atoms with Gasteiger partial charge in [-0.25, -0.2) is 4.79 Å². The zero-order chi connectivity index (χ0) is 23.7. The van der Waals surface area contributed by atoms with Gasteiger partial charge >= 0.3 is 5.97 Å². The van der Waals surface area contributed by atoms with Gasteiger partial charge in [-0.2, -0.15) is 0 Å². The molecule has 3 rings (SSSR count). The number of aliphatic hydroxyl groups is 3. The highest BCUT2D eigenvalue weighted by Crippen LogP contribution is 2.46. The number of ether oxygens (including phenoxy) is 2. The van der Waals surface area contributed by atoms with Crippen molar-refractivity contribution in [1.82, 2.24) is 0 Å². The number of hydrogen-bond donors (Lipinski definition) is 7. The lowest BCUT2D eigenvalue weighted by Gasteiger charge is -2.42. The lowest BCUT2D eigenvalue weighted by atomic mass is 9.88. The second-order valence-corrected chi connectivity index (χ2v) is 7.28. The van der Waals surface area contributed by atoms with Crippen molar-refractivity contribution in [2.45, 2.75) is 37.4 Å². The first-order valence-electron chi connectivity index (χ1n) is 9.48. The van der Waals surface area contributed by atoms with Crippen LogP contribution < -0.4 is 0 Å². The van der Waals surface area contributed by atoms with Crippen molar-refractivity contribution < 1.29 is 54.8 Å². The topological polar surface area (TPSA) is 194 Å². The Bertz CT molecular complexity index is 1020. The Morgan fingerprint density at radius 3 is 2.19 bits per heavy atom. The van der Waals surface area contributed by atoms with Crippen LogP contribution in [0.5, 0.6) is 23.0 Å². The maximum absolute atomic E-state index is 12.6. The lowest BCUT2D eigenvalue weighted by molar-refractivity contribution is -0.232. The van der Waals surface area contributed by atoms with Crippen LogP contribution in [0.1, 0.15) is 39.3 Å². The smallest absolute Gasteiger partial charge is 0.338 e. The largest absolute Gasteiger partial charge is 0.508 e. The zero-order valence-electron chi connectivity index (χ0n) is 16.7. The molecule has 1 aliphatic rings. The number of phenols is 4. The summed E-state index contributed by atoms with van der Waals surface area (Å²) in [4.78, 5) is 24.4. The number of carbonyl (C=O) groups excluding carboxylic acids is 2. The molecule has 2 aromatic carbocycles. The van der Waals surface area contributed by atoms with E-state index in [1.807, 2.05) is 0 Å². The fraction of sp³-hybridized carbons (Fsp3) is 0.333. The summed E-state index contributed by atoms with van der Waals surface area (Å²) < 4.78 is 10.8. The van der Waals surface area contributed by atoms with E-state index in [9.17, 15) is 45.3 Å². The minimum atomic E-state index is -1.83. The Balaban J connectivity index is 2.08. The number of benzene rings is 2. The second kappa shape index (κ2) is 9.01. The van der Waals surface area contributed by atoms with E-state index in [-0.39, 0.29) is 11.3 Å². The monoisotopic (exact) mass is 450 g/mol. The van der Waals surface area contributed by atoms with E-state index in [0.717, 1.165) is 13.0 Å². The van der Waals surface area contributed by atoms with Gasteiger partial charge in [-0.15, -0.1) is 0 Å². The number of ketones is 1. The van der Waals surface area contributed by atoms with Gasteiger partial charge in [0.2, 0.25) is 0 Å². The van der Waals surface area contributed by atoms with Crippen LogP contribution >= 0.6 is 0 Å². The van der Waals surface area contributed by atoms with Crippen LogP contribution in [0.25, 0.3) is 0 Å². The summed E-state index contributed by atoms with van der Waals surface area (Å²) in [5.74, 6) is -4.22. The number of rotatable bonds is 5. The van der Waals surface area contributed by atoms with E-state index in [0.29, 0.717) is 0 Å². The summed E-state index contributed by atoms with van der Waals surface area (Å²) in [7, 11) is 0. The Kier molecular flexibility index (Phi) is 6.55. The highest BCUT2D eigenvalue weighted by Gasteiger charge is 2.49. The lowest BCUT2D eigenvalue weighted by Crippen LogP contribution is -2.56. The van der Waals surface area contributed by atoms with Crippen molar-refractivity contribution in [2.75, 3.05) is 6.61 Å². The summed E-state index contributed by atoms with van der Waals surface area (Å²) in [6.07, 6.45) is -8.30. The van der Waals surface area contributed by atoms with Crippen LogP contribution in [0.2, 0.25) is 0 Å². The van der Waals surface area contributed by atoms with Crippen LogP contribution in [0.3, 0.4) is 0 Å². The van der Waals surface area contributed by atoms with E-state index < -0.39 is 77.3 Å². The molecule has 0 aliphatic carbocycles. The number of esters is 1. The summed E-state index contributed by atoms with van der Waals surface area (Å²) in [6, 6.07) is 5.67. The molecule has 1 aliphatic heterocycles. The summed E-state index contributed by atoms with van der Waals surface area (Å²) >= 11 is 0. The molecule has 0 radical (unpaired) electrons. The first-order valence-corrected chi connectivity index (χ1v) is 9.48. The molecule has 2 aromatic rings. The van der Waals surface area contributed by atoms with Crippen molar-refractivity contribution >= 4 is 11.8 Å². The quantitative estimate of drug-likeness (QED) is 0.241. The van der Waals surface area contributed by atoms with Crippen molar-refractivity contribution in [2.24, 2.45) is 0 Å². The van der Waals surface area contributed by atoms with Gasteiger partial charge in [0.1, 0.15) is 53.0 Å². The summed E-state index contributed by atoms with van der Waals surface area (Å²) in [5.41, 5.74) is -1.08. The molecule has 1 heterocycles. The first-order chi connectivity index (χ1) is 15.1. The molecule has 11 heteroatoms. The van der Waals surface area contributed by atoms with Gasteiger partial charge in [-0.1, -0.05) is 0 Å². The van der Waals surface area contributed by atoms with Gasteiger partial charge < -0.3 is 45.2 Å². The Morgan fingerprint density at radius 2 is 1.62 bits per heavy atom. The molecule has 11 nitrogen and oxygen atoms in total. The Morgan fingerprint density at radius 1 is 1.00 bits per heavy atom. The average molecular weight is 450 g/mol. The molecular formula is C21H22O11. The van der Waals surface area contributed by atoms with E-state index in [2.05, 4.69) is 0 Å². The van der Waals surface area contributed by atoms with Crippen LogP contribution in [-0.4, -0.2) is 78.5 Å². The average Bonchev–Trinajstić information content (AvgIpc) is 2.72. The number of aliphatic hydroxyl groups excluding tert-OH is 3. The van der Waals surface area contributed by atoms with Crippen LogP contribution in [-0.2, 0) is 9.47 Å². The van der Waals surface area contributed by atoms with Gasteiger partial charge in [0.25, 0.3) is 0 Å². The van der Waals surface area contributed by atoms with Crippen molar-refractivity contribution in [3.05, 3.63) is 47.0 Å². The summed E-state index contributed by atoms with van der Waals surface area (Å²) in [6.45, 7) is 0.279. The fourth-order valence-electron chi connectivity index (χ4n) is 3.53. The third-order valence-corrected chi connectivity index (χ3v) is 5.15. The van der Waals surface area contributed by atoms with Crippen LogP contribution in [0.15, 0.2) is 30.3 Å². The van der Waals surface area contributed by atoms with Gasteiger partial charge in [0.15, 0.2) is 11.9 Å². The van der Waals surface area contributed by atoms with E-state index in [1.54, 1.807) is 0 Å². The molecule has 1 saturated heterocycles. The van der Waals surface area contributed by atoms with Crippen LogP contribution in [0, 0.1) is 0 Å². The number of aromatic hydroxyl groups is 4. The van der Waals surface area contributed by atoms with Crippen molar-refractivity contribution in [3.8, 4) is 23.0 Å². The highest BCUT2D eigenvalue weighted by atomic mass is 16.6. The predicted molar refractivity (Wildman–Crippen MR) is 105 cm³/mol. The molecule has 0 bridgehead atoms. The third-order valence-electron chi connectivity index (χ3n) is 5.15. The first kappa shape index (κ1) is 23.3. The molecule has 1 fully saturated rings. The van der Waals surface area contributed by atoms with Gasteiger partial charge in [0.05, 0.1) is 17.7 Å². The van der Waals surface area contributed by atoms with Gasteiger partial charge in [-0.3, -0.25) is 4.79 Å². The predicted octanol–water partition coefficient (Wildman–Crippen LogP) is 0.0912. The van der Waals surface area contributed by atoms with Gasteiger partial charge in [0, 0.05) is 6.07 Å². The van der Waals surface area contributed by atoms with Crippen LogP contribution in [0.4, 0.5) is 0 Å². The molecule has 32 heavy (non-hydrogen) atoms. The molecule has 0 amide bonds. The van der Waals surface area contributed by atoms with Crippen molar-refractivity contribution in [3.63, 3.8) is 0 Å². The van der Waals surface area contributed by atoms with Gasteiger partial charge in [-0.05, 0) is 31.2 Å². The van der Waals surface area contributed by atoms with E-state index in [1.165, 1.54) is 24.3 Å². The third kappa shape index (κ3) is 4.18. The molecular weight excluding hydrogens is 428 g/mol. The molecule has 0 saturated carbocycles. The highest BCUT2D eigenvalue weighted by molar-refractivity contribution is 6.00. The maximum atomic E-state index is 12.6. The SMILES string of the molecule is CC(=O)c1c(O)cc(O)c([C@H]2O[C@@H](CO)[C@@H](O)[C@H](O)[C@H]2OC(=O)c2ccc(O)cc2)c1O. The number of hydrogen-bond acceptors (Lipinski definition) is 11. The van der Waals surface area contributed by atoms with E-state index in [4.69, 9.17) is 9.47 Å². The standard InChI is InChI=1S/C21H22O11/c1-8(23)14-11(25)6-12(26)15(17(14)28)19-20(18(29)16(27)13(7-22)31-19)32-21(30)9-2-4-10(24)5-3-9/h2-6,13,16,18-20,22,24-29H,7H2,1H3/t13-,16+,18-,19+,20+/m0/s1. The molecule has 0 spiro atoms. The molecule has 7 N–H and O–H groups in total. The minimum absolute atomic E-state index is 0.0314. The number of phenolic OH excluding ortho intramolecular Hbond substituents is 4. The Labute approximate surface area is 181 Å². The number of Topliss-reactive ketones (excluding diaryl/α,β-unsaturated/α-hetero) is 1. The second-order valence-electron chi connectivity index (χ2n) is 7.28. The zero-order valence-corrected chi connectivity index (χ0v) is 16.7. The molecule has 172 valence electrons. The normalized spacial score (nSPS) is 25.3. The Hall–Kier alpha value is -3.38. The minimum Gasteiger partial charge on any atom is -0.508 e. The fourth-order valence-corrected chi connectivity index (χ4v) is 3.53. The molecule has 5 atom stereocenters. The summed E-state index contributed by atoms with van der Waals surface area (Å²) in [5, 5.41) is 70.6. The maximum Gasteiger partial charge on any atom is 0.338 e.